The number of rotatable bonds is 4. The average molecular weight is 227 g/mol. The van der Waals surface area contributed by atoms with Gasteiger partial charge in [0.1, 0.15) is 0 Å². The molecular weight excluding hydrogens is 212 g/mol. The topological polar surface area (TPSA) is 33.2 Å². The quantitative estimate of drug-likeness (QED) is 0.736. The number of nitrogens with zero attached hydrogens (tertiary/aromatic N) is 2. The summed E-state index contributed by atoms with van der Waals surface area (Å²) in [5.74, 6) is 0.415. The normalized spacial score (nSPS) is 10.1. The molecule has 4 heteroatoms. The Morgan fingerprint density at radius 2 is 2.27 bits per heavy atom. The van der Waals surface area contributed by atoms with Crippen molar-refractivity contribution in [3.63, 3.8) is 0 Å². The number of pyridine rings is 1. The highest BCUT2D eigenvalue weighted by atomic mass is 35.5. The molecule has 0 aliphatic carbocycles. The molecular formula is C11H15ClN2O. The van der Waals surface area contributed by atoms with Gasteiger partial charge in [0.05, 0.1) is 12.2 Å². The number of aryl methyl sites for hydroxylation is 1. The number of aromatic nitrogens is 1. The van der Waals surface area contributed by atoms with Gasteiger partial charge in [0.15, 0.2) is 0 Å². The summed E-state index contributed by atoms with van der Waals surface area (Å²) < 4.78 is 0. The van der Waals surface area contributed by atoms with E-state index < -0.39 is 0 Å². The Hall–Kier alpha value is -1.09. The van der Waals surface area contributed by atoms with Crippen LogP contribution in [-0.2, 0) is 11.3 Å². The lowest BCUT2D eigenvalue weighted by Crippen LogP contribution is -2.26. The molecule has 0 bridgehead atoms. The maximum absolute atomic E-state index is 11.4. The molecule has 0 aromatic carbocycles. The van der Waals surface area contributed by atoms with E-state index in [0.29, 0.717) is 18.8 Å². The van der Waals surface area contributed by atoms with Crippen LogP contribution in [0.4, 0.5) is 0 Å². The van der Waals surface area contributed by atoms with Gasteiger partial charge in [-0.1, -0.05) is 6.07 Å². The number of carbonyl (C=O) groups is 1. The van der Waals surface area contributed by atoms with Crippen LogP contribution in [0.5, 0.6) is 0 Å². The van der Waals surface area contributed by atoms with Crippen LogP contribution >= 0.6 is 11.6 Å². The van der Waals surface area contributed by atoms with E-state index in [4.69, 9.17) is 11.6 Å². The van der Waals surface area contributed by atoms with Crippen molar-refractivity contribution in [2.45, 2.75) is 19.9 Å². The Labute approximate surface area is 95.1 Å². The van der Waals surface area contributed by atoms with Crippen molar-refractivity contribution in [2.75, 3.05) is 12.9 Å². The van der Waals surface area contributed by atoms with Gasteiger partial charge >= 0.3 is 0 Å². The maximum atomic E-state index is 11.4. The summed E-state index contributed by atoms with van der Waals surface area (Å²) in [6, 6.07) is 5.79. The molecule has 3 nitrogen and oxygen atoms in total. The molecule has 15 heavy (non-hydrogen) atoms. The number of hydrogen-bond acceptors (Lipinski definition) is 2. The molecule has 1 rings (SSSR count). The van der Waals surface area contributed by atoms with Crippen LogP contribution in [0.3, 0.4) is 0 Å². The van der Waals surface area contributed by atoms with Gasteiger partial charge in [0.25, 0.3) is 0 Å². The summed E-state index contributed by atoms with van der Waals surface area (Å²) in [4.78, 5) is 17.4. The summed E-state index contributed by atoms with van der Waals surface area (Å²) in [7, 11) is 1.76. The summed E-state index contributed by atoms with van der Waals surface area (Å²) in [6.45, 7) is 2.47. The first-order chi connectivity index (χ1) is 7.13. The summed E-state index contributed by atoms with van der Waals surface area (Å²) in [5.41, 5.74) is 1.87. The van der Waals surface area contributed by atoms with Gasteiger partial charge in [0.2, 0.25) is 5.91 Å². The Kier molecular flexibility index (Phi) is 4.56. The molecule has 0 radical (unpaired) electrons. The van der Waals surface area contributed by atoms with Gasteiger partial charge in [0, 0.05) is 25.0 Å². The van der Waals surface area contributed by atoms with Crippen LogP contribution in [0.25, 0.3) is 0 Å². The predicted molar refractivity (Wildman–Crippen MR) is 60.8 cm³/mol. The van der Waals surface area contributed by atoms with Crippen LogP contribution in [0.2, 0.25) is 0 Å². The van der Waals surface area contributed by atoms with E-state index in [1.165, 1.54) is 0 Å². The summed E-state index contributed by atoms with van der Waals surface area (Å²) in [6.07, 6.45) is 0.379. The van der Waals surface area contributed by atoms with Crippen LogP contribution in [0.1, 0.15) is 17.8 Å². The van der Waals surface area contributed by atoms with Crippen molar-refractivity contribution in [3.05, 3.63) is 29.6 Å². The lowest BCUT2D eigenvalue weighted by atomic mass is 10.3. The molecule has 0 spiro atoms. The maximum Gasteiger partial charge on any atom is 0.223 e. The highest BCUT2D eigenvalue weighted by Crippen LogP contribution is 2.03. The number of carbonyl (C=O) groups excluding carboxylic acids is 1. The van der Waals surface area contributed by atoms with Crippen molar-refractivity contribution >= 4 is 17.5 Å². The van der Waals surface area contributed by atoms with Crippen molar-refractivity contribution in [3.8, 4) is 0 Å². The zero-order chi connectivity index (χ0) is 11.3. The van der Waals surface area contributed by atoms with Crippen LogP contribution in [0.15, 0.2) is 18.2 Å². The van der Waals surface area contributed by atoms with E-state index in [1.807, 2.05) is 25.1 Å². The van der Waals surface area contributed by atoms with Crippen molar-refractivity contribution in [2.24, 2.45) is 0 Å². The first-order valence-corrected chi connectivity index (χ1v) is 5.39. The van der Waals surface area contributed by atoms with Gasteiger partial charge in [-0.25, -0.2) is 0 Å². The molecule has 1 aromatic heterocycles. The second-order valence-electron chi connectivity index (χ2n) is 3.46. The zero-order valence-electron chi connectivity index (χ0n) is 9.03. The van der Waals surface area contributed by atoms with E-state index in [1.54, 1.807) is 11.9 Å². The minimum Gasteiger partial charge on any atom is -0.340 e. The summed E-state index contributed by atoms with van der Waals surface area (Å²) >= 11 is 5.51. The standard InChI is InChI=1S/C11H15ClN2O/c1-9-4-3-5-10(13-9)8-14(2)11(15)6-7-12/h3-5H,6-8H2,1-2H3. The Bertz CT molecular complexity index is 341. The Balaban J connectivity index is 2.58. The molecule has 1 heterocycles. The first-order valence-electron chi connectivity index (χ1n) is 4.86. The minimum atomic E-state index is 0.0494. The lowest BCUT2D eigenvalue weighted by Gasteiger charge is -2.16. The third kappa shape index (κ3) is 3.88. The van der Waals surface area contributed by atoms with Crippen molar-refractivity contribution < 1.29 is 4.79 Å². The third-order valence-corrected chi connectivity index (χ3v) is 2.27. The number of alkyl halides is 1. The van der Waals surface area contributed by atoms with Crippen LogP contribution in [-0.4, -0.2) is 28.7 Å². The summed E-state index contributed by atoms with van der Waals surface area (Å²) in [5, 5.41) is 0. The highest BCUT2D eigenvalue weighted by Gasteiger charge is 2.08. The molecule has 0 aliphatic heterocycles. The van der Waals surface area contributed by atoms with E-state index in [-0.39, 0.29) is 5.91 Å². The molecule has 0 unspecified atom stereocenters. The fourth-order valence-corrected chi connectivity index (χ4v) is 1.45. The predicted octanol–water partition coefficient (Wildman–Crippen LogP) is 1.98. The van der Waals surface area contributed by atoms with Gasteiger partial charge < -0.3 is 4.90 Å². The minimum absolute atomic E-state index is 0.0494. The SMILES string of the molecule is Cc1cccc(CN(C)C(=O)CCCl)n1. The van der Waals surface area contributed by atoms with E-state index in [2.05, 4.69) is 4.98 Å². The number of amides is 1. The second-order valence-corrected chi connectivity index (χ2v) is 3.84. The van der Waals surface area contributed by atoms with E-state index in [9.17, 15) is 4.79 Å². The largest absolute Gasteiger partial charge is 0.340 e. The van der Waals surface area contributed by atoms with E-state index >= 15 is 0 Å². The first kappa shape index (κ1) is 12.0. The molecule has 0 fully saturated rings. The van der Waals surface area contributed by atoms with E-state index in [0.717, 1.165) is 11.4 Å². The Morgan fingerprint density at radius 3 is 2.87 bits per heavy atom. The van der Waals surface area contributed by atoms with Crippen molar-refractivity contribution in [1.29, 1.82) is 0 Å². The lowest BCUT2D eigenvalue weighted by molar-refractivity contribution is -0.130. The van der Waals surface area contributed by atoms with Crippen molar-refractivity contribution in [1.82, 2.24) is 9.88 Å². The van der Waals surface area contributed by atoms with Crippen LogP contribution < -0.4 is 0 Å². The van der Waals surface area contributed by atoms with Crippen LogP contribution in [0, 0.1) is 6.92 Å². The number of halogens is 1. The Morgan fingerprint density at radius 1 is 1.53 bits per heavy atom. The number of hydrogen-bond donors (Lipinski definition) is 0. The van der Waals surface area contributed by atoms with Gasteiger partial charge in [-0.05, 0) is 19.1 Å². The molecule has 1 amide bonds. The molecule has 0 saturated carbocycles. The monoisotopic (exact) mass is 226 g/mol. The fraction of sp³-hybridized carbons (Fsp3) is 0.455. The smallest absolute Gasteiger partial charge is 0.223 e. The van der Waals surface area contributed by atoms with Gasteiger partial charge in [-0.3, -0.25) is 9.78 Å². The molecule has 0 saturated heterocycles. The second kappa shape index (κ2) is 5.71. The molecule has 0 atom stereocenters. The molecule has 82 valence electrons. The zero-order valence-corrected chi connectivity index (χ0v) is 9.79. The average Bonchev–Trinajstić information content (AvgIpc) is 2.18. The molecule has 0 aliphatic rings. The molecule has 1 aromatic rings. The fourth-order valence-electron chi connectivity index (χ4n) is 1.29. The third-order valence-electron chi connectivity index (χ3n) is 2.08. The molecule has 0 N–H and O–H groups in total. The highest BCUT2D eigenvalue weighted by molar-refractivity contribution is 6.18. The van der Waals surface area contributed by atoms with Gasteiger partial charge in [-0.2, -0.15) is 0 Å². The van der Waals surface area contributed by atoms with Gasteiger partial charge in [-0.15, -0.1) is 11.6 Å².